The highest BCUT2D eigenvalue weighted by Gasteiger charge is 2.41. The van der Waals surface area contributed by atoms with E-state index < -0.39 is 0 Å². The van der Waals surface area contributed by atoms with E-state index in [0.29, 0.717) is 24.7 Å². The zero-order valence-corrected chi connectivity index (χ0v) is 16.6. The first-order chi connectivity index (χ1) is 13.5. The summed E-state index contributed by atoms with van der Waals surface area (Å²) in [6.07, 6.45) is 0.729. The van der Waals surface area contributed by atoms with Gasteiger partial charge in [0.25, 0.3) is 0 Å². The van der Waals surface area contributed by atoms with Gasteiger partial charge in [-0.2, -0.15) is 0 Å². The molecule has 4 rings (SSSR count). The van der Waals surface area contributed by atoms with Gasteiger partial charge in [-0.25, -0.2) is 4.39 Å². The van der Waals surface area contributed by atoms with Crippen LogP contribution in [0.3, 0.4) is 0 Å². The second-order valence-electron chi connectivity index (χ2n) is 8.24. The van der Waals surface area contributed by atoms with Gasteiger partial charge in [0.2, 0.25) is 5.91 Å². The number of carbonyl (C=O) groups excluding carboxylic acids is 1. The Morgan fingerprint density at radius 1 is 1.11 bits per heavy atom. The zero-order valence-electron chi connectivity index (χ0n) is 16.6. The molecule has 0 radical (unpaired) electrons. The van der Waals surface area contributed by atoms with E-state index in [9.17, 15) is 9.18 Å². The third-order valence-corrected chi connectivity index (χ3v) is 5.84. The number of benzene rings is 2. The number of nitrogens with zero attached hydrogens (tertiary/aromatic N) is 2. The number of rotatable bonds is 4. The molecule has 0 bridgehead atoms. The number of anilines is 2. The predicted octanol–water partition coefficient (Wildman–Crippen LogP) is 3.47. The number of piperazine rings is 1. The molecule has 28 heavy (non-hydrogen) atoms. The second-order valence-corrected chi connectivity index (χ2v) is 8.24. The summed E-state index contributed by atoms with van der Waals surface area (Å²) in [6.45, 7) is 7.05. The number of para-hydroxylation sites is 2. The van der Waals surface area contributed by atoms with E-state index >= 15 is 0 Å². The molecule has 0 unspecified atom stereocenters. The van der Waals surface area contributed by atoms with Crippen LogP contribution in [0.4, 0.5) is 15.8 Å². The van der Waals surface area contributed by atoms with Crippen LogP contribution < -0.4 is 15.1 Å². The summed E-state index contributed by atoms with van der Waals surface area (Å²) in [5, 5.41) is 3.12. The molecule has 0 spiro atoms. The van der Waals surface area contributed by atoms with E-state index in [1.807, 2.05) is 18.2 Å². The predicted molar refractivity (Wildman–Crippen MR) is 111 cm³/mol. The van der Waals surface area contributed by atoms with Crippen molar-refractivity contribution in [3.05, 3.63) is 59.9 Å². The third kappa shape index (κ3) is 3.58. The number of halogens is 1. The van der Waals surface area contributed by atoms with E-state index in [0.717, 1.165) is 19.5 Å². The van der Waals surface area contributed by atoms with Crippen molar-refractivity contribution in [1.29, 1.82) is 0 Å². The van der Waals surface area contributed by atoms with Gasteiger partial charge in [0.05, 0.1) is 17.6 Å². The lowest BCUT2D eigenvalue weighted by Gasteiger charge is -2.49. The Balaban J connectivity index is 1.63. The Morgan fingerprint density at radius 2 is 1.82 bits per heavy atom. The summed E-state index contributed by atoms with van der Waals surface area (Å²) in [5.74, 6) is 0.182. The summed E-state index contributed by atoms with van der Waals surface area (Å²) in [6, 6.07) is 15.3. The number of fused-ring (bicyclic) bond motifs is 3. The van der Waals surface area contributed by atoms with Gasteiger partial charge in [0.1, 0.15) is 5.82 Å². The van der Waals surface area contributed by atoms with Crippen LogP contribution >= 0.6 is 0 Å². The van der Waals surface area contributed by atoms with Crippen molar-refractivity contribution in [3.63, 3.8) is 0 Å². The van der Waals surface area contributed by atoms with Crippen LogP contribution in [0.1, 0.15) is 19.4 Å². The van der Waals surface area contributed by atoms with E-state index in [-0.39, 0.29) is 23.7 Å². The van der Waals surface area contributed by atoms with Crippen LogP contribution in [-0.2, 0) is 11.2 Å². The van der Waals surface area contributed by atoms with E-state index in [1.54, 1.807) is 6.07 Å². The highest BCUT2D eigenvalue weighted by molar-refractivity contribution is 5.82. The van der Waals surface area contributed by atoms with Crippen molar-refractivity contribution >= 4 is 17.3 Å². The lowest BCUT2D eigenvalue weighted by Crippen LogP contribution is -2.61. The van der Waals surface area contributed by atoms with Crippen LogP contribution in [0.5, 0.6) is 0 Å². The molecule has 1 amide bonds. The molecule has 0 saturated carbocycles. The lowest BCUT2D eigenvalue weighted by molar-refractivity contribution is -0.126. The SMILES string of the molecule is CC(C)CNC(=O)[C@H]1Cc2ccccc2N2CCN(c3ccccc3F)C[C@@H]12. The first-order valence-corrected chi connectivity index (χ1v) is 10.2. The Kier molecular flexibility index (Phi) is 5.25. The first-order valence-electron chi connectivity index (χ1n) is 10.2. The molecular weight excluding hydrogens is 353 g/mol. The number of hydrogen-bond donors (Lipinski definition) is 1. The summed E-state index contributed by atoms with van der Waals surface area (Å²) < 4.78 is 14.4. The maximum absolute atomic E-state index is 14.4. The average molecular weight is 381 g/mol. The highest BCUT2D eigenvalue weighted by Crippen LogP contribution is 2.37. The Morgan fingerprint density at radius 3 is 2.57 bits per heavy atom. The molecular formula is C23H28FN3O. The fraction of sp³-hybridized carbons (Fsp3) is 0.435. The summed E-state index contributed by atoms with van der Waals surface area (Å²) in [4.78, 5) is 17.5. The van der Waals surface area contributed by atoms with Crippen LogP contribution in [-0.4, -0.2) is 38.1 Å². The van der Waals surface area contributed by atoms with Gasteiger partial charge < -0.3 is 15.1 Å². The third-order valence-electron chi connectivity index (χ3n) is 5.84. The molecule has 2 aliphatic rings. The summed E-state index contributed by atoms with van der Waals surface area (Å²) in [5.41, 5.74) is 3.07. The molecule has 5 heteroatoms. The van der Waals surface area contributed by atoms with Crippen molar-refractivity contribution in [2.45, 2.75) is 26.3 Å². The molecule has 2 aromatic rings. The number of nitrogens with one attached hydrogen (secondary N) is 1. The van der Waals surface area contributed by atoms with Crippen molar-refractivity contribution in [2.75, 3.05) is 36.0 Å². The topological polar surface area (TPSA) is 35.6 Å². The zero-order chi connectivity index (χ0) is 19.7. The molecule has 2 aromatic carbocycles. The molecule has 2 aliphatic heterocycles. The van der Waals surface area contributed by atoms with Crippen LogP contribution in [0, 0.1) is 17.7 Å². The maximum Gasteiger partial charge on any atom is 0.225 e. The molecule has 148 valence electrons. The Bertz CT molecular complexity index is 853. The van der Waals surface area contributed by atoms with Crippen LogP contribution in [0.25, 0.3) is 0 Å². The number of hydrogen-bond acceptors (Lipinski definition) is 3. The van der Waals surface area contributed by atoms with Crippen LogP contribution in [0.2, 0.25) is 0 Å². The molecule has 0 aliphatic carbocycles. The van der Waals surface area contributed by atoms with Gasteiger partial charge in [-0.05, 0) is 36.1 Å². The molecule has 0 aromatic heterocycles. The quantitative estimate of drug-likeness (QED) is 0.881. The van der Waals surface area contributed by atoms with Crippen molar-refractivity contribution in [2.24, 2.45) is 11.8 Å². The molecule has 2 atom stereocenters. The van der Waals surface area contributed by atoms with E-state index in [1.165, 1.54) is 17.3 Å². The average Bonchev–Trinajstić information content (AvgIpc) is 2.71. The standard InChI is InChI=1S/C23H28FN3O/c1-16(2)14-25-23(28)18-13-17-7-3-5-9-20(17)27-12-11-26(15-22(18)27)21-10-6-4-8-19(21)24/h3-10,16,18,22H,11-15H2,1-2H3,(H,25,28)/t18-,22-/m0/s1. The minimum Gasteiger partial charge on any atom is -0.365 e. The van der Waals surface area contributed by atoms with Gasteiger partial charge in [0.15, 0.2) is 0 Å². The fourth-order valence-corrected chi connectivity index (χ4v) is 4.42. The maximum atomic E-state index is 14.4. The van der Waals surface area contributed by atoms with Gasteiger partial charge in [-0.3, -0.25) is 4.79 Å². The highest BCUT2D eigenvalue weighted by atomic mass is 19.1. The van der Waals surface area contributed by atoms with Gasteiger partial charge >= 0.3 is 0 Å². The number of carbonyl (C=O) groups is 1. The molecule has 1 fully saturated rings. The molecule has 1 N–H and O–H groups in total. The van der Waals surface area contributed by atoms with Gasteiger partial charge in [-0.1, -0.05) is 44.2 Å². The minimum atomic E-state index is -0.201. The van der Waals surface area contributed by atoms with Crippen LogP contribution in [0.15, 0.2) is 48.5 Å². The summed E-state index contributed by atoms with van der Waals surface area (Å²) in [7, 11) is 0. The fourth-order valence-electron chi connectivity index (χ4n) is 4.42. The molecule has 2 heterocycles. The van der Waals surface area contributed by atoms with E-state index in [2.05, 4.69) is 47.2 Å². The number of amides is 1. The van der Waals surface area contributed by atoms with Crippen molar-refractivity contribution in [3.8, 4) is 0 Å². The lowest BCUT2D eigenvalue weighted by atomic mass is 9.83. The van der Waals surface area contributed by atoms with E-state index in [4.69, 9.17) is 0 Å². The molecule has 1 saturated heterocycles. The molecule has 4 nitrogen and oxygen atoms in total. The normalized spacial score (nSPS) is 21.3. The van der Waals surface area contributed by atoms with Crippen molar-refractivity contribution < 1.29 is 9.18 Å². The largest absolute Gasteiger partial charge is 0.365 e. The summed E-state index contributed by atoms with van der Waals surface area (Å²) >= 11 is 0. The monoisotopic (exact) mass is 381 g/mol. The Hall–Kier alpha value is -2.56. The smallest absolute Gasteiger partial charge is 0.225 e. The van der Waals surface area contributed by atoms with Gasteiger partial charge in [-0.15, -0.1) is 0 Å². The van der Waals surface area contributed by atoms with Gasteiger partial charge in [0, 0.05) is 31.9 Å². The van der Waals surface area contributed by atoms with Crippen molar-refractivity contribution in [1.82, 2.24) is 5.32 Å². The second kappa shape index (κ2) is 7.82. The first kappa shape index (κ1) is 18.8. The Labute approximate surface area is 166 Å². The minimum absolute atomic E-state index is 0.0374.